The van der Waals surface area contributed by atoms with Crippen molar-refractivity contribution in [3.8, 4) is 0 Å². The highest BCUT2D eigenvalue weighted by Crippen LogP contribution is 2.35. The van der Waals surface area contributed by atoms with Crippen LogP contribution in [0.1, 0.15) is 45.2 Å². The Labute approximate surface area is 122 Å². The molecular formula is C16H16N2OS. The highest BCUT2D eigenvalue weighted by atomic mass is 32.1. The van der Waals surface area contributed by atoms with Gasteiger partial charge in [0, 0.05) is 22.7 Å². The number of carbonyl (C=O) groups excluding carboxylic acids is 1. The van der Waals surface area contributed by atoms with Crippen LogP contribution in [0.5, 0.6) is 0 Å². The Balaban J connectivity index is 1.62. The monoisotopic (exact) mass is 284 g/mol. The van der Waals surface area contributed by atoms with Gasteiger partial charge in [0.05, 0.1) is 6.04 Å². The van der Waals surface area contributed by atoms with E-state index in [1.807, 2.05) is 23.5 Å². The van der Waals surface area contributed by atoms with Crippen molar-refractivity contribution in [3.05, 3.63) is 51.2 Å². The summed E-state index contributed by atoms with van der Waals surface area (Å²) in [4.78, 5) is 13.2. The molecule has 2 heterocycles. The van der Waals surface area contributed by atoms with E-state index >= 15 is 0 Å². The van der Waals surface area contributed by atoms with Crippen molar-refractivity contribution in [1.82, 2.24) is 5.32 Å². The fraction of sp³-hybridized carbons (Fsp3) is 0.312. The third-order valence-corrected chi connectivity index (χ3v) is 5.18. The van der Waals surface area contributed by atoms with Crippen LogP contribution in [0, 0.1) is 0 Å². The summed E-state index contributed by atoms with van der Waals surface area (Å²) in [6.07, 6.45) is 3.60. The number of hydrogen-bond acceptors (Lipinski definition) is 3. The van der Waals surface area contributed by atoms with Crippen LogP contribution in [0.3, 0.4) is 0 Å². The normalized spacial score (nSPS) is 20.2. The van der Waals surface area contributed by atoms with Crippen molar-refractivity contribution in [2.75, 3.05) is 5.32 Å². The van der Waals surface area contributed by atoms with E-state index in [4.69, 9.17) is 0 Å². The number of amides is 1. The van der Waals surface area contributed by atoms with Crippen molar-refractivity contribution in [1.29, 1.82) is 0 Å². The van der Waals surface area contributed by atoms with E-state index in [-0.39, 0.29) is 5.91 Å². The van der Waals surface area contributed by atoms with Gasteiger partial charge in [-0.1, -0.05) is 6.07 Å². The molecule has 0 radical (unpaired) electrons. The Morgan fingerprint density at radius 2 is 2.25 bits per heavy atom. The maximum atomic E-state index is 11.7. The molecule has 0 saturated heterocycles. The number of hydrogen-bond donors (Lipinski definition) is 2. The molecule has 20 heavy (non-hydrogen) atoms. The molecule has 2 aliphatic rings. The lowest BCUT2D eigenvalue weighted by atomic mass is 9.93. The first kappa shape index (κ1) is 12.0. The van der Waals surface area contributed by atoms with Crippen molar-refractivity contribution in [2.45, 2.75) is 31.8 Å². The summed E-state index contributed by atoms with van der Waals surface area (Å²) < 4.78 is 0. The van der Waals surface area contributed by atoms with Crippen molar-refractivity contribution in [3.63, 3.8) is 0 Å². The van der Waals surface area contributed by atoms with Crippen LogP contribution in [0.2, 0.25) is 0 Å². The molecule has 0 spiro atoms. The first-order chi connectivity index (χ1) is 9.81. The minimum Gasteiger partial charge on any atom is -0.378 e. The van der Waals surface area contributed by atoms with Gasteiger partial charge in [-0.3, -0.25) is 4.79 Å². The number of nitrogens with one attached hydrogen (secondary N) is 2. The summed E-state index contributed by atoms with van der Waals surface area (Å²) in [6.45, 7) is 0.659. The molecule has 2 N–H and O–H groups in total. The van der Waals surface area contributed by atoms with Gasteiger partial charge in [0.25, 0.3) is 5.91 Å². The zero-order valence-corrected chi connectivity index (χ0v) is 11.9. The molecule has 0 fully saturated rings. The predicted octanol–water partition coefficient (Wildman–Crippen LogP) is 3.48. The number of carbonyl (C=O) groups is 1. The highest BCUT2D eigenvalue weighted by Gasteiger charge is 2.23. The maximum absolute atomic E-state index is 11.7. The summed E-state index contributed by atoms with van der Waals surface area (Å²) in [7, 11) is 0. The van der Waals surface area contributed by atoms with Gasteiger partial charge >= 0.3 is 0 Å². The van der Waals surface area contributed by atoms with Crippen molar-refractivity contribution in [2.24, 2.45) is 0 Å². The van der Waals surface area contributed by atoms with E-state index in [1.54, 1.807) is 0 Å². The lowest BCUT2D eigenvalue weighted by Crippen LogP contribution is -2.16. The number of benzene rings is 1. The summed E-state index contributed by atoms with van der Waals surface area (Å²) in [5, 5.41) is 8.64. The Morgan fingerprint density at radius 3 is 3.20 bits per heavy atom. The molecule has 4 rings (SSSR count). The number of anilines is 1. The second-order valence-corrected chi connectivity index (χ2v) is 6.44. The van der Waals surface area contributed by atoms with Crippen LogP contribution < -0.4 is 10.6 Å². The molecule has 0 bridgehead atoms. The molecule has 1 aromatic heterocycles. The van der Waals surface area contributed by atoms with Gasteiger partial charge in [0.2, 0.25) is 0 Å². The summed E-state index contributed by atoms with van der Waals surface area (Å²) in [6, 6.07) is 8.73. The maximum Gasteiger partial charge on any atom is 0.251 e. The molecule has 1 aliphatic carbocycles. The molecule has 1 aromatic carbocycles. The Morgan fingerprint density at radius 1 is 1.30 bits per heavy atom. The van der Waals surface area contributed by atoms with Crippen molar-refractivity contribution < 1.29 is 4.79 Å². The second kappa shape index (κ2) is 4.63. The largest absolute Gasteiger partial charge is 0.378 e. The molecule has 1 atom stereocenters. The smallest absolute Gasteiger partial charge is 0.251 e. The summed E-state index contributed by atoms with van der Waals surface area (Å²) >= 11 is 1.86. The minimum absolute atomic E-state index is 0.0449. The number of fused-ring (bicyclic) bond motifs is 2. The average Bonchev–Trinajstić information content (AvgIpc) is 3.07. The van der Waals surface area contributed by atoms with Gasteiger partial charge in [-0.05, 0) is 54.0 Å². The van der Waals surface area contributed by atoms with Gasteiger partial charge in [0.15, 0.2) is 0 Å². The number of aryl methyl sites for hydroxylation is 1. The third-order valence-electron chi connectivity index (χ3n) is 4.19. The first-order valence-corrected chi connectivity index (χ1v) is 7.93. The Hall–Kier alpha value is -1.81. The van der Waals surface area contributed by atoms with Crippen LogP contribution in [-0.2, 0) is 13.0 Å². The molecule has 1 amide bonds. The Kier molecular flexibility index (Phi) is 2.77. The Bertz CT molecular complexity index is 677. The standard InChI is InChI=1S/C16H16N2OS/c19-16-13-8-11(5-4-10(13)9-17-16)18-14-2-1-3-15-12(14)6-7-20-15/h4-8,14,18H,1-3,9H2,(H,17,19)/t14-/m0/s1. The van der Waals surface area contributed by atoms with Gasteiger partial charge in [-0.2, -0.15) is 0 Å². The van der Waals surface area contributed by atoms with E-state index in [2.05, 4.69) is 28.1 Å². The van der Waals surface area contributed by atoms with Crippen LogP contribution in [0.4, 0.5) is 5.69 Å². The average molecular weight is 284 g/mol. The van der Waals surface area contributed by atoms with E-state index in [0.717, 1.165) is 23.2 Å². The fourth-order valence-corrected chi connectivity index (χ4v) is 4.13. The van der Waals surface area contributed by atoms with Crippen LogP contribution >= 0.6 is 11.3 Å². The van der Waals surface area contributed by atoms with E-state index in [1.165, 1.54) is 23.3 Å². The number of rotatable bonds is 2. The van der Waals surface area contributed by atoms with E-state index in [0.29, 0.717) is 12.6 Å². The molecule has 102 valence electrons. The molecule has 4 heteroatoms. The lowest BCUT2D eigenvalue weighted by Gasteiger charge is -2.25. The van der Waals surface area contributed by atoms with Crippen LogP contribution in [0.25, 0.3) is 0 Å². The van der Waals surface area contributed by atoms with Gasteiger partial charge in [0.1, 0.15) is 0 Å². The minimum atomic E-state index is 0.0449. The quantitative estimate of drug-likeness (QED) is 0.886. The van der Waals surface area contributed by atoms with E-state index in [9.17, 15) is 4.79 Å². The van der Waals surface area contributed by atoms with E-state index < -0.39 is 0 Å². The summed E-state index contributed by atoms with van der Waals surface area (Å²) in [5.74, 6) is 0.0449. The summed E-state index contributed by atoms with van der Waals surface area (Å²) in [5.41, 5.74) is 4.40. The molecular weight excluding hydrogens is 268 g/mol. The molecule has 1 aliphatic heterocycles. The predicted molar refractivity (Wildman–Crippen MR) is 81.2 cm³/mol. The van der Waals surface area contributed by atoms with Crippen molar-refractivity contribution >= 4 is 22.9 Å². The topological polar surface area (TPSA) is 41.1 Å². The van der Waals surface area contributed by atoms with Gasteiger partial charge < -0.3 is 10.6 Å². The third kappa shape index (κ3) is 1.91. The SMILES string of the molecule is O=C1NCc2ccc(N[C@H]3CCCc4sccc43)cc21. The van der Waals surface area contributed by atoms with Crippen LogP contribution in [-0.4, -0.2) is 5.91 Å². The zero-order chi connectivity index (χ0) is 13.5. The number of thiophene rings is 1. The molecule has 3 nitrogen and oxygen atoms in total. The zero-order valence-electron chi connectivity index (χ0n) is 11.1. The first-order valence-electron chi connectivity index (χ1n) is 7.05. The second-order valence-electron chi connectivity index (χ2n) is 5.44. The molecule has 2 aromatic rings. The molecule has 0 saturated carbocycles. The van der Waals surface area contributed by atoms with Gasteiger partial charge in [-0.25, -0.2) is 0 Å². The highest BCUT2D eigenvalue weighted by molar-refractivity contribution is 7.10. The van der Waals surface area contributed by atoms with Gasteiger partial charge in [-0.15, -0.1) is 11.3 Å². The van der Waals surface area contributed by atoms with Crippen LogP contribution in [0.15, 0.2) is 29.6 Å². The lowest BCUT2D eigenvalue weighted by molar-refractivity contribution is 0.0966. The molecule has 0 unspecified atom stereocenters. The fourth-order valence-electron chi connectivity index (χ4n) is 3.14.